The normalized spacial score (nSPS) is 24.4. The van der Waals surface area contributed by atoms with Crippen molar-refractivity contribution < 1.29 is 0 Å². The molecule has 0 amide bonds. The van der Waals surface area contributed by atoms with Crippen LogP contribution in [-0.4, -0.2) is 9.55 Å². The molecule has 1 heterocycles. The van der Waals surface area contributed by atoms with Gasteiger partial charge >= 0.3 is 0 Å². The van der Waals surface area contributed by atoms with Gasteiger partial charge in [0.15, 0.2) is 0 Å². The van der Waals surface area contributed by atoms with Crippen LogP contribution in [0.5, 0.6) is 0 Å². The fraction of sp³-hybridized carbons (Fsp3) is 0.500. The average Bonchev–Trinajstić information content (AvgIpc) is 3.01. The number of aromatic nitrogens is 2. The maximum atomic E-state index is 6.30. The molecule has 1 fully saturated rings. The SMILES string of the molecule is CCC1CC1n1c(C(C)Cl)nc2cc(I)ccc21. The summed E-state index contributed by atoms with van der Waals surface area (Å²) in [4.78, 5) is 4.73. The second-order valence-corrected chi connectivity index (χ2v) is 6.96. The van der Waals surface area contributed by atoms with Crippen molar-refractivity contribution in [1.29, 1.82) is 0 Å². The number of fused-ring (bicyclic) bond motifs is 1. The molecule has 96 valence electrons. The Morgan fingerprint density at radius 2 is 2.33 bits per heavy atom. The van der Waals surface area contributed by atoms with Crippen LogP contribution in [0.15, 0.2) is 18.2 Å². The number of halogens is 2. The number of hydrogen-bond donors (Lipinski definition) is 0. The van der Waals surface area contributed by atoms with E-state index in [4.69, 9.17) is 16.6 Å². The minimum atomic E-state index is -0.0341. The van der Waals surface area contributed by atoms with Crippen LogP contribution in [0.2, 0.25) is 0 Å². The summed E-state index contributed by atoms with van der Waals surface area (Å²) in [5, 5.41) is -0.0341. The third-order valence-corrected chi connectivity index (χ3v) is 4.64. The van der Waals surface area contributed by atoms with Gasteiger partial charge in [0.1, 0.15) is 5.82 Å². The molecule has 4 heteroatoms. The summed E-state index contributed by atoms with van der Waals surface area (Å²) in [7, 11) is 0. The molecule has 2 nitrogen and oxygen atoms in total. The zero-order valence-electron chi connectivity index (χ0n) is 10.5. The lowest BCUT2D eigenvalue weighted by molar-refractivity contribution is 0.624. The number of hydrogen-bond acceptors (Lipinski definition) is 1. The van der Waals surface area contributed by atoms with E-state index in [0.29, 0.717) is 6.04 Å². The average molecular weight is 375 g/mol. The van der Waals surface area contributed by atoms with E-state index in [0.717, 1.165) is 17.3 Å². The molecule has 1 aliphatic rings. The lowest BCUT2D eigenvalue weighted by Gasteiger charge is -2.10. The number of benzene rings is 1. The van der Waals surface area contributed by atoms with Crippen LogP contribution in [0.1, 0.15) is 43.9 Å². The van der Waals surface area contributed by atoms with Gasteiger partial charge in [-0.05, 0) is 60.1 Å². The van der Waals surface area contributed by atoms with E-state index in [9.17, 15) is 0 Å². The predicted molar refractivity (Wildman–Crippen MR) is 84.2 cm³/mol. The molecular weight excluding hydrogens is 359 g/mol. The first kappa shape index (κ1) is 12.7. The Bertz CT molecular complexity index is 591. The van der Waals surface area contributed by atoms with Crippen molar-refractivity contribution in [1.82, 2.24) is 9.55 Å². The van der Waals surface area contributed by atoms with Crippen molar-refractivity contribution in [3.05, 3.63) is 27.6 Å². The van der Waals surface area contributed by atoms with E-state index >= 15 is 0 Å². The molecule has 1 aromatic heterocycles. The van der Waals surface area contributed by atoms with Gasteiger partial charge in [0.05, 0.1) is 16.4 Å². The lowest BCUT2D eigenvalue weighted by atomic mass is 10.3. The van der Waals surface area contributed by atoms with Gasteiger partial charge in [-0.25, -0.2) is 4.98 Å². The molecule has 0 radical (unpaired) electrons. The molecule has 1 aliphatic carbocycles. The summed E-state index contributed by atoms with van der Waals surface area (Å²) in [5.74, 6) is 1.82. The van der Waals surface area contributed by atoms with E-state index < -0.39 is 0 Å². The van der Waals surface area contributed by atoms with Crippen molar-refractivity contribution in [3.8, 4) is 0 Å². The number of alkyl halides is 1. The molecule has 0 bridgehead atoms. The fourth-order valence-electron chi connectivity index (χ4n) is 2.71. The Labute approximate surface area is 126 Å². The van der Waals surface area contributed by atoms with Crippen LogP contribution >= 0.6 is 34.2 Å². The number of nitrogens with zero attached hydrogens (tertiary/aromatic N) is 2. The third-order valence-electron chi connectivity index (χ3n) is 3.78. The Hall–Kier alpha value is -0.290. The summed E-state index contributed by atoms with van der Waals surface area (Å²) in [6.45, 7) is 4.27. The second-order valence-electron chi connectivity index (χ2n) is 5.06. The standard InChI is InChI=1S/C14H16ClIN2/c1-3-9-6-13(9)18-12-5-4-10(16)7-11(12)17-14(18)8(2)15/h4-5,7-9,13H,3,6H2,1-2H3. The van der Waals surface area contributed by atoms with Crippen molar-refractivity contribution in [2.45, 2.75) is 38.1 Å². The molecule has 18 heavy (non-hydrogen) atoms. The summed E-state index contributed by atoms with van der Waals surface area (Å²) in [5.41, 5.74) is 2.31. The highest BCUT2D eigenvalue weighted by Gasteiger charge is 2.39. The molecule has 3 rings (SSSR count). The Kier molecular flexibility index (Phi) is 3.30. The first-order valence-electron chi connectivity index (χ1n) is 6.43. The Morgan fingerprint density at radius 3 is 2.94 bits per heavy atom. The molecule has 0 aliphatic heterocycles. The third kappa shape index (κ3) is 2.05. The van der Waals surface area contributed by atoms with Crippen molar-refractivity contribution in [3.63, 3.8) is 0 Å². The highest BCUT2D eigenvalue weighted by molar-refractivity contribution is 14.1. The van der Waals surface area contributed by atoms with Crippen LogP contribution in [0.4, 0.5) is 0 Å². The molecule has 0 saturated heterocycles. The summed E-state index contributed by atoms with van der Waals surface area (Å²) in [6.07, 6.45) is 2.51. The summed E-state index contributed by atoms with van der Waals surface area (Å²) < 4.78 is 3.60. The van der Waals surface area contributed by atoms with E-state index in [1.807, 2.05) is 6.92 Å². The summed E-state index contributed by atoms with van der Waals surface area (Å²) >= 11 is 8.63. The highest BCUT2D eigenvalue weighted by Crippen LogP contribution is 2.48. The zero-order chi connectivity index (χ0) is 12.9. The molecule has 1 saturated carbocycles. The maximum absolute atomic E-state index is 6.30. The molecule has 3 unspecified atom stereocenters. The molecule has 3 atom stereocenters. The van der Waals surface area contributed by atoms with Gasteiger partial charge in [-0.1, -0.05) is 13.3 Å². The number of imidazole rings is 1. The second kappa shape index (κ2) is 4.67. The Morgan fingerprint density at radius 1 is 1.56 bits per heavy atom. The zero-order valence-corrected chi connectivity index (χ0v) is 13.4. The first-order chi connectivity index (χ1) is 8.61. The van der Waals surface area contributed by atoms with Crippen LogP contribution in [0.3, 0.4) is 0 Å². The van der Waals surface area contributed by atoms with E-state index in [2.05, 4.69) is 52.3 Å². The van der Waals surface area contributed by atoms with Gasteiger partial charge in [0.25, 0.3) is 0 Å². The molecule has 2 aromatic rings. The lowest BCUT2D eigenvalue weighted by Crippen LogP contribution is -2.03. The monoisotopic (exact) mass is 374 g/mol. The smallest absolute Gasteiger partial charge is 0.127 e. The van der Waals surface area contributed by atoms with Gasteiger partial charge in [-0.2, -0.15) is 0 Å². The van der Waals surface area contributed by atoms with Gasteiger partial charge in [-0.3, -0.25) is 0 Å². The van der Waals surface area contributed by atoms with Gasteiger partial charge in [0.2, 0.25) is 0 Å². The van der Waals surface area contributed by atoms with E-state index in [1.165, 1.54) is 21.9 Å². The molecule has 0 N–H and O–H groups in total. The largest absolute Gasteiger partial charge is 0.323 e. The minimum Gasteiger partial charge on any atom is -0.323 e. The fourth-order valence-corrected chi connectivity index (χ4v) is 3.33. The minimum absolute atomic E-state index is 0.0341. The number of rotatable bonds is 3. The van der Waals surface area contributed by atoms with Crippen LogP contribution < -0.4 is 0 Å². The van der Waals surface area contributed by atoms with Gasteiger partial charge in [0, 0.05) is 9.61 Å². The van der Waals surface area contributed by atoms with Crippen molar-refractivity contribution >= 4 is 45.2 Å². The Balaban J connectivity index is 2.17. The van der Waals surface area contributed by atoms with Crippen molar-refractivity contribution in [2.75, 3.05) is 0 Å². The van der Waals surface area contributed by atoms with Crippen LogP contribution in [0.25, 0.3) is 11.0 Å². The van der Waals surface area contributed by atoms with Gasteiger partial charge in [-0.15, -0.1) is 11.6 Å². The van der Waals surface area contributed by atoms with E-state index in [-0.39, 0.29) is 5.38 Å². The molecule has 1 aromatic carbocycles. The van der Waals surface area contributed by atoms with Crippen LogP contribution in [0, 0.1) is 9.49 Å². The quantitative estimate of drug-likeness (QED) is 0.551. The van der Waals surface area contributed by atoms with E-state index in [1.54, 1.807) is 0 Å². The maximum Gasteiger partial charge on any atom is 0.127 e. The predicted octanol–water partition coefficient (Wildman–Crippen LogP) is 4.91. The van der Waals surface area contributed by atoms with Gasteiger partial charge < -0.3 is 4.57 Å². The molecular formula is C14H16ClIN2. The topological polar surface area (TPSA) is 17.8 Å². The van der Waals surface area contributed by atoms with Crippen LogP contribution in [-0.2, 0) is 0 Å². The first-order valence-corrected chi connectivity index (χ1v) is 7.94. The highest BCUT2D eigenvalue weighted by atomic mass is 127. The molecule has 0 spiro atoms. The summed E-state index contributed by atoms with van der Waals surface area (Å²) in [6, 6.07) is 7.07. The van der Waals surface area contributed by atoms with Crippen molar-refractivity contribution in [2.24, 2.45) is 5.92 Å².